The second kappa shape index (κ2) is 7.09. The normalized spacial score (nSPS) is 21.4. The predicted octanol–water partition coefficient (Wildman–Crippen LogP) is 5.09. The lowest BCUT2D eigenvalue weighted by atomic mass is 10.0. The second-order valence-corrected chi connectivity index (χ2v) is 9.07. The van der Waals surface area contributed by atoms with Crippen LogP contribution in [0.5, 0.6) is 0 Å². The van der Waals surface area contributed by atoms with Crippen LogP contribution in [-0.2, 0) is 0 Å². The fourth-order valence-electron chi connectivity index (χ4n) is 4.74. The van der Waals surface area contributed by atoms with Crippen molar-refractivity contribution in [1.29, 1.82) is 0 Å². The summed E-state index contributed by atoms with van der Waals surface area (Å²) >= 11 is 1.67. The Balaban J connectivity index is 1.30. The second-order valence-electron chi connectivity index (χ2n) is 8.17. The minimum Gasteiger partial charge on any atom is -0.366 e. The summed E-state index contributed by atoms with van der Waals surface area (Å²) in [4.78, 5) is 6.99. The van der Waals surface area contributed by atoms with Crippen LogP contribution in [0.15, 0.2) is 60.2 Å². The first-order valence-corrected chi connectivity index (χ1v) is 11.3. The number of anilines is 2. The van der Waals surface area contributed by atoms with E-state index in [9.17, 15) is 4.39 Å². The number of nitrogens with one attached hydrogen (secondary N) is 1. The summed E-state index contributed by atoms with van der Waals surface area (Å²) in [6.07, 6.45) is 7.49. The molecule has 0 amide bonds. The maximum Gasteiger partial charge on any atom is 0.182 e. The molecule has 2 unspecified atom stereocenters. The van der Waals surface area contributed by atoms with Crippen molar-refractivity contribution in [3.05, 3.63) is 66.1 Å². The third kappa shape index (κ3) is 3.13. The van der Waals surface area contributed by atoms with Crippen molar-refractivity contribution in [2.24, 2.45) is 5.92 Å². The maximum atomic E-state index is 13.3. The third-order valence-electron chi connectivity index (χ3n) is 6.25. The van der Waals surface area contributed by atoms with Crippen LogP contribution in [0.3, 0.4) is 0 Å². The predicted molar refractivity (Wildman–Crippen MR) is 119 cm³/mol. The van der Waals surface area contributed by atoms with E-state index < -0.39 is 0 Å². The first-order chi connectivity index (χ1) is 14.8. The molecule has 2 fully saturated rings. The van der Waals surface area contributed by atoms with Gasteiger partial charge in [-0.1, -0.05) is 0 Å². The standard InChI is InChI=1S/C23H22FN5S/c24-17-3-5-18(6-4-17)29-21-8-7-19(13-16(21)14-26-29)28-11-9-20(22(28)15-1-2-15)27-23-25-10-12-30-23/h3-8,10,12-15,20,22H,1-2,9,11H2,(H,25,27). The van der Waals surface area contributed by atoms with Crippen molar-refractivity contribution < 1.29 is 4.39 Å². The third-order valence-corrected chi connectivity index (χ3v) is 6.96. The van der Waals surface area contributed by atoms with E-state index in [0.29, 0.717) is 12.1 Å². The van der Waals surface area contributed by atoms with Gasteiger partial charge >= 0.3 is 0 Å². The molecule has 0 radical (unpaired) electrons. The molecule has 6 rings (SSSR count). The van der Waals surface area contributed by atoms with E-state index in [0.717, 1.165) is 40.6 Å². The van der Waals surface area contributed by atoms with Crippen molar-refractivity contribution in [2.75, 3.05) is 16.8 Å². The van der Waals surface area contributed by atoms with Gasteiger partial charge in [0.15, 0.2) is 5.13 Å². The largest absolute Gasteiger partial charge is 0.366 e. The molecular weight excluding hydrogens is 397 g/mol. The minimum absolute atomic E-state index is 0.237. The number of nitrogens with zero attached hydrogens (tertiary/aromatic N) is 4. The molecule has 5 nitrogen and oxygen atoms in total. The molecule has 1 aliphatic carbocycles. The maximum absolute atomic E-state index is 13.3. The summed E-state index contributed by atoms with van der Waals surface area (Å²) in [6.45, 7) is 1.04. The fourth-order valence-corrected chi connectivity index (χ4v) is 5.33. The summed E-state index contributed by atoms with van der Waals surface area (Å²) in [5.41, 5.74) is 3.15. The molecule has 1 saturated heterocycles. The number of hydrogen-bond donors (Lipinski definition) is 1. The molecule has 2 atom stereocenters. The number of aromatic nitrogens is 3. The average molecular weight is 420 g/mol. The summed E-state index contributed by atoms with van der Waals surface area (Å²) in [7, 11) is 0. The number of thiazole rings is 1. The number of benzene rings is 2. The fraction of sp³-hybridized carbons (Fsp3) is 0.304. The van der Waals surface area contributed by atoms with Crippen LogP contribution in [-0.4, -0.2) is 33.4 Å². The molecule has 3 heterocycles. The lowest BCUT2D eigenvalue weighted by Crippen LogP contribution is -2.40. The van der Waals surface area contributed by atoms with Gasteiger partial charge in [0.25, 0.3) is 0 Å². The number of hydrogen-bond acceptors (Lipinski definition) is 5. The molecule has 1 N–H and O–H groups in total. The van der Waals surface area contributed by atoms with Crippen molar-refractivity contribution in [1.82, 2.24) is 14.8 Å². The Bertz CT molecular complexity index is 1170. The molecule has 1 aliphatic heterocycles. The first kappa shape index (κ1) is 17.9. The van der Waals surface area contributed by atoms with E-state index >= 15 is 0 Å². The van der Waals surface area contributed by atoms with E-state index in [1.54, 1.807) is 23.5 Å². The van der Waals surface area contributed by atoms with Gasteiger partial charge in [-0.3, -0.25) is 0 Å². The van der Waals surface area contributed by atoms with Crippen molar-refractivity contribution in [2.45, 2.75) is 31.3 Å². The molecule has 0 bridgehead atoms. The highest BCUT2D eigenvalue weighted by Crippen LogP contribution is 2.43. The zero-order chi connectivity index (χ0) is 20.1. The molecular formula is C23H22FN5S. The van der Waals surface area contributed by atoms with Gasteiger partial charge < -0.3 is 10.2 Å². The van der Waals surface area contributed by atoms with Gasteiger partial charge in [-0.15, -0.1) is 11.3 Å². The Kier molecular flexibility index (Phi) is 4.23. The number of halogens is 1. The highest BCUT2D eigenvalue weighted by molar-refractivity contribution is 7.13. The topological polar surface area (TPSA) is 46.0 Å². The quantitative estimate of drug-likeness (QED) is 0.489. The Morgan fingerprint density at radius 1 is 1.03 bits per heavy atom. The van der Waals surface area contributed by atoms with Crippen LogP contribution >= 0.6 is 11.3 Å². The SMILES string of the molecule is Fc1ccc(-n2ncc3cc(N4CCC(Nc5nccs5)C4C4CC4)ccc32)cc1. The summed E-state index contributed by atoms with van der Waals surface area (Å²) in [5, 5.41) is 12.4. The van der Waals surface area contributed by atoms with Crippen LogP contribution in [0.25, 0.3) is 16.6 Å². The molecule has 4 aromatic rings. The zero-order valence-corrected chi connectivity index (χ0v) is 17.2. The molecule has 1 saturated carbocycles. The van der Waals surface area contributed by atoms with Crippen LogP contribution in [0.2, 0.25) is 0 Å². The molecule has 2 aliphatic rings. The number of rotatable bonds is 5. The van der Waals surface area contributed by atoms with Crippen LogP contribution in [0.1, 0.15) is 19.3 Å². The van der Waals surface area contributed by atoms with Gasteiger partial charge in [0, 0.05) is 29.2 Å². The molecule has 30 heavy (non-hydrogen) atoms. The Morgan fingerprint density at radius 2 is 1.87 bits per heavy atom. The first-order valence-electron chi connectivity index (χ1n) is 10.4. The number of fused-ring (bicyclic) bond motifs is 1. The lowest BCUT2D eigenvalue weighted by Gasteiger charge is -2.30. The monoisotopic (exact) mass is 419 g/mol. The Morgan fingerprint density at radius 3 is 2.63 bits per heavy atom. The Labute approximate surface area is 178 Å². The van der Waals surface area contributed by atoms with Crippen LogP contribution in [0.4, 0.5) is 15.2 Å². The molecule has 2 aromatic carbocycles. The van der Waals surface area contributed by atoms with Crippen molar-refractivity contribution >= 4 is 33.1 Å². The van der Waals surface area contributed by atoms with Crippen molar-refractivity contribution in [3.63, 3.8) is 0 Å². The smallest absolute Gasteiger partial charge is 0.182 e. The van der Waals surface area contributed by atoms with E-state index in [1.165, 1.54) is 30.7 Å². The molecule has 0 spiro atoms. The highest BCUT2D eigenvalue weighted by Gasteiger charge is 2.44. The molecule has 152 valence electrons. The van der Waals surface area contributed by atoms with Crippen LogP contribution in [0, 0.1) is 11.7 Å². The van der Waals surface area contributed by atoms with Gasteiger partial charge in [0.05, 0.1) is 29.5 Å². The van der Waals surface area contributed by atoms with Gasteiger partial charge in [-0.25, -0.2) is 14.1 Å². The van der Waals surface area contributed by atoms with Gasteiger partial charge in [-0.2, -0.15) is 5.10 Å². The van der Waals surface area contributed by atoms with E-state index in [-0.39, 0.29) is 5.82 Å². The van der Waals surface area contributed by atoms with E-state index in [4.69, 9.17) is 0 Å². The van der Waals surface area contributed by atoms with Gasteiger partial charge in [0.1, 0.15) is 5.82 Å². The summed E-state index contributed by atoms with van der Waals surface area (Å²) in [6, 6.07) is 14.0. The van der Waals surface area contributed by atoms with E-state index in [1.807, 2.05) is 22.5 Å². The van der Waals surface area contributed by atoms with E-state index in [2.05, 4.69) is 38.5 Å². The lowest BCUT2D eigenvalue weighted by molar-refractivity contribution is 0.548. The minimum atomic E-state index is -0.237. The molecule has 2 aromatic heterocycles. The van der Waals surface area contributed by atoms with Gasteiger partial charge in [-0.05, 0) is 67.6 Å². The van der Waals surface area contributed by atoms with Crippen molar-refractivity contribution in [3.8, 4) is 5.69 Å². The highest BCUT2D eigenvalue weighted by atomic mass is 32.1. The Hall–Kier alpha value is -2.93. The average Bonchev–Trinajstić information content (AvgIpc) is 3.16. The van der Waals surface area contributed by atoms with Gasteiger partial charge in [0.2, 0.25) is 0 Å². The summed E-state index contributed by atoms with van der Waals surface area (Å²) < 4.78 is 15.2. The zero-order valence-electron chi connectivity index (χ0n) is 16.4. The summed E-state index contributed by atoms with van der Waals surface area (Å²) in [5.74, 6) is 0.515. The molecule has 7 heteroatoms. The van der Waals surface area contributed by atoms with Crippen LogP contribution < -0.4 is 10.2 Å².